The second kappa shape index (κ2) is 7.05. The molecular formula is C19H25N3. The minimum absolute atomic E-state index is 0.0656. The van der Waals surface area contributed by atoms with Crippen molar-refractivity contribution in [3.63, 3.8) is 0 Å². The molecule has 0 bridgehead atoms. The summed E-state index contributed by atoms with van der Waals surface area (Å²) in [5, 5.41) is 0. The third-order valence-electron chi connectivity index (χ3n) is 4.54. The number of hydrogen-bond donors (Lipinski definition) is 1. The first-order valence-corrected chi connectivity index (χ1v) is 8.02. The van der Waals surface area contributed by atoms with Gasteiger partial charge in [-0.3, -0.25) is 4.90 Å². The Morgan fingerprint density at radius 1 is 1.00 bits per heavy atom. The summed E-state index contributed by atoms with van der Waals surface area (Å²) in [7, 11) is 2.20. The summed E-state index contributed by atoms with van der Waals surface area (Å²) in [6, 6.07) is 21.7. The van der Waals surface area contributed by atoms with Crippen LogP contribution in [0.4, 0.5) is 0 Å². The van der Waals surface area contributed by atoms with Gasteiger partial charge in [-0.15, -0.1) is 0 Å². The van der Waals surface area contributed by atoms with Crippen molar-refractivity contribution in [2.75, 3.05) is 33.2 Å². The molecule has 1 saturated heterocycles. The van der Waals surface area contributed by atoms with Gasteiger partial charge in [-0.25, -0.2) is 0 Å². The van der Waals surface area contributed by atoms with Gasteiger partial charge < -0.3 is 10.6 Å². The van der Waals surface area contributed by atoms with Crippen LogP contribution < -0.4 is 5.73 Å². The SMILES string of the molecule is CN1CCN(CC(N)c2ccccc2)C(c2ccccc2)C1. The predicted molar refractivity (Wildman–Crippen MR) is 91.6 cm³/mol. The number of nitrogens with two attached hydrogens (primary N) is 1. The number of piperazine rings is 1. The molecule has 2 N–H and O–H groups in total. The molecule has 2 atom stereocenters. The van der Waals surface area contributed by atoms with Crippen LogP contribution in [-0.2, 0) is 0 Å². The average molecular weight is 295 g/mol. The zero-order valence-corrected chi connectivity index (χ0v) is 13.2. The van der Waals surface area contributed by atoms with E-state index in [1.807, 2.05) is 6.07 Å². The topological polar surface area (TPSA) is 32.5 Å². The highest BCUT2D eigenvalue weighted by molar-refractivity contribution is 5.22. The van der Waals surface area contributed by atoms with Crippen LogP contribution in [0.15, 0.2) is 60.7 Å². The van der Waals surface area contributed by atoms with E-state index in [1.165, 1.54) is 11.1 Å². The van der Waals surface area contributed by atoms with Crippen molar-refractivity contribution in [2.24, 2.45) is 5.73 Å². The molecule has 0 amide bonds. The molecular weight excluding hydrogens is 270 g/mol. The first-order valence-electron chi connectivity index (χ1n) is 8.02. The zero-order valence-electron chi connectivity index (χ0n) is 13.2. The predicted octanol–water partition coefficient (Wildman–Crippen LogP) is 2.68. The Labute approximate surface area is 133 Å². The van der Waals surface area contributed by atoms with Crippen molar-refractivity contribution in [3.05, 3.63) is 71.8 Å². The minimum Gasteiger partial charge on any atom is -0.323 e. The Morgan fingerprint density at radius 3 is 2.32 bits per heavy atom. The van der Waals surface area contributed by atoms with Gasteiger partial charge >= 0.3 is 0 Å². The smallest absolute Gasteiger partial charge is 0.0476 e. The van der Waals surface area contributed by atoms with E-state index in [0.717, 1.165) is 26.2 Å². The normalized spacial score (nSPS) is 21.6. The largest absolute Gasteiger partial charge is 0.323 e. The van der Waals surface area contributed by atoms with Crippen LogP contribution in [0.1, 0.15) is 23.2 Å². The highest BCUT2D eigenvalue weighted by Gasteiger charge is 2.27. The molecule has 1 aliphatic heterocycles. The summed E-state index contributed by atoms with van der Waals surface area (Å²) in [6.07, 6.45) is 0. The number of benzene rings is 2. The lowest BCUT2D eigenvalue weighted by Gasteiger charge is -2.41. The van der Waals surface area contributed by atoms with Crippen molar-refractivity contribution in [1.29, 1.82) is 0 Å². The van der Waals surface area contributed by atoms with Gasteiger partial charge in [-0.2, -0.15) is 0 Å². The van der Waals surface area contributed by atoms with Crippen LogP contribution >= 0.6 is 0 Å². The number of hydrogen-bond acceptors (Lipinski definition) is 3. The second-order valence-electron chi connectivity index (χ2n) is 6.20. The van der Waals surface area contributed by atoms with Gasteiger partial charge in [0.25, 0.3) is 0 Å². The lowest BCUT2D eigenvalue weighted by atomic mass is 10.0. The third-order valence-corrected chi connectivity index (χ3v) is 4.54. The maximum Gasteiger partial charge on any atom is 0.0476 e. The molecule has 2 aromatic rings. The molecule has 2 unspecified atom stereocenters. The minimum atomic E-state index is 0.0656. The lowest BCUT2D eigenvalue weighted by molar-refractivity contribution is 0.0843. The Morgan fingerprint density at radius 2 is 1.64 bits per heavy atom. The molecule has 1 heterocycles. The molecule has 1 aliphatic rings. The first-order chi connectivity index (χ1) is 10.7. The summed E-state index contributed by atoms with van der Waals surface area (Å²) < 4.78 is 0. The summed E-state index contributed by atoms with van der Waals surface area (Å²) in [6.45, 7) is 4.13. The summed E-state index contributed by atoms with van der Waals surface area (Å²) >= 11 is 0. The standard InChI is InChI=1S/C19H25N3/c1-21-12-13-22(14-18(20)16-8-4-2-5-9-16)19(15-21)17-10-6-3-7-11-17/h2-11,18-19H,12-15,20H2,1H3. The molecule has 116 valence electrons. The van der Waals surface area contributed by atoms with Crippen LogP contribution in [0.3, 0.4) is 0 Å². The molecule has 0 aliphatic carbocycles. The van der Waals surface area contributed by atoms with E-state index in [9.17, 15) is 0 Å². The monoisotopic (exact) mass is 295 g/mol. The van der Waals surface area contributed by atoms with Gasteiger partial charge in [0, 0.05) is 38.3 Å². The van der Waals surface area contributed by atoms with Gasteiger partial charge in [0.05, 0.1) is 0 Å². The van der Waals surface area contributed by atoms with Crippen LogP contribution in [0.25, 0.3) is 0 Å². The van der Waals surface area contributed by atoms with Crippen LogP contribution in [-0.4, -0.2) is 43.0 Å². The van der Waals surface area contributed by atoms with E-state index in [-0.39, 0.29) is 6.04 Å². The molecule has 3 heteroatoms. The van der Waals surface area contributed by atoms with Crippen LogP contribution in [0.2, 0.25) is 0 Å². The fraction of sp³-hybridized carbons (Fsp3) is 0.368. The molecule has 3 nitrogen and oxygen atoms in total. The van der Waals surface area contributed by atoms with E-state index < -0.39 is 0 Å². The molecule has 1 fully saturated rings. The van der Waals surface area contributed by atoms with Crippen molar-refractivity contribution in [1.82, 2.24) is 9.80 Å². The van der Waals surface area contributed by atoms with Gasteiger partial charge in [-0.1, -0.05) is 60.7 Å². The second-order valence-corrected chi connectivity index (χ2v) is 6.20. The van der Waals surface area contributed by atoms with Gasteiger partial charge in [0.15, 0.2) is 0 Å². The Hall–Kier alpha value is -1.68. The highest BCUT2D eigenvalue weighted by atomic mass is 15.3. The first kappa shape index (κ1) is 15.2. The fourth-order valence-electron chi connectivity index (χ4n) is 3.23. The molecule has 2 aromatic carbocycles. The summed E-state index contributed by atoms with van der Waals surface area (Å²) in [5.41, 5.74) is 9.05. The number of likely N-dealkylation sites (N-methyl/N-ethyl adjacent to an activating group) is 1. The van der Waals surface area contributed by atoms with Crippen molar-refractivity contribution < 1.29 is 0 Å². The quantitative estimate of drug-likeness (QED) is 0.941. The van der Waals surface area contributed by atoms with E-state index in [1.54, 1.807) is 0 Å². The van der Waals surface area contributed by atoms with Gasteiger partial charge in [0.1, 0.15) is 0 Å². The van der Waals surface area contributed by atoms with Crippen molar-refractivity contribution in [3.8, 4) is 0 Å². The Kier molecular flexibility index (Phi) is 4.88. The zero-order chi connectivity index (χ0) is 15.4. The highest BCUT2D eigenvalue weighted by Crippen LogP contribution is 2.26. The molecule has 0 saturated carbocycles. The van der Waals surface area contributed by atoms with Crippen molar-refractivity contribution in [2.45, 2.75) is 12.1 Å². The molecule has 3 rings (SSSR count). The molecule has 0 aromatic heterocycles. The van der Waals surface area contributed by atoms with Gasteiger partial charge in [-0.05, 0) is 18.2 Å². The Bertz CT molecular complexity index is 570. The number of rotatable bonds is 4. The maximum atomic E-state index is 6.45. The summed E-state index contributed by atoms with van der Waals surface area (Å²) in [4.78, 5) is 4.94. The van der Waals surface area contributed by atoms with Crippen LogP contribution in [0.5, 0.6) is 0 Å². The average Bonchev–Trinajstić information content (AvgIpc) is 2.58. The number of nitrogens with zero attached hydrogens (tertiary/aromatic N) is 2. The molecule has 0 radical (unpaired) electrons. The van der Waals surface area contributed by atoms with E-state index in [0.29, 0.717) is 6.04 Å². The van der Waals surface area contributed by atoms with Crippen LogP contribution in [0, 0.1) is 0 Å². The third kappa shape index (κ3) is 3.55. The summed E-state index contributed by atoms with van der Waals surface area (Å²) in [5.74, 6) is 0. The van der Waals surface area contributed by atoms with E-state index in [4.69, 9.17) is 5.73 Å². The maximum absolute atomic E-state index is 6.45. The fourth-order valence-corrected chi connectivity index (χ4v) is 3.23. The van der Waals surface area contributed by atoms with Crippen molar-refractivity contribution >= 4 is 0 Å². The lowest BCUT2D eigenvalue weighted by Crippen LogP contribution is -2.48. The van der Waals surface area contributed by atoms with Gasteiger partial charge in [0.2, 0.25) is 0 Å². The molecule has 0 spiro atoms. The Balaban J connectivity index is 1.75. The molecule has 22 heavy (non-hydrogen) atoms. The van der Waals surface area contributed by atoms with E-state index in [2.05, 4.69) is 71.4 Å². The van der Waals surface area contributed by atoms with E-state index >= 15 is 0 Å².